The quantitative estimate of drug-likeness (QED) is 0.719. The number of carbonyl (C=O) groups is 2. The van der Waals surface area contributed by atoms with E-state index >= 15 is 0 Å². The highest BCUT2D eigenvalue weighted by Crippen LogP contribution is 2.54. The number of hydrogen-bond donors (Lipinski definition) is 2. The molecule has 1 spiro atoms. The van der Waals surface area contributed by atoms with Gasteiger partial charge in [0.05, 0.1) is 0 Å². The second-order valence-corrected chi connectivity index (χ2v) is 8.14. The maximum atomic E-state index is 13.1. The number of amides is 2. The molecule has 29 heavy (non-hydrogen) atoms. The van der Waals surface area contributed by atoms with E-state index in [-0.39, 0.29) is 17.4 Å². The van der Waals surface area contributed by atoms with Crippen molar-refractivity contribution in [2.75, 3.05) is 13.1 Å². The molecule has 1 saturated heterocycles. The number of likely N-dealkylation sites (tertiary alicyclic amines) is 1. The van der Waals surface area contributed by atoms with Crippen molar-refractivity contribution in [2.45, 2.75) is 31.2 Å². The van der Waals surface area contributed by atoms with E-state index in [1.54, 1.807) is 12.4 Å². The normalized spacial score (nSPS) is 23.3. The number of piperidine rings is 1. The van der Waals surface area contributed by atoms with Gasteiger partial charge in [-0.2, -0.15) is 0 Å². The highest BCUT2D eigenvalue weighted by atomic mass is 16.2. The Hall–Kier alpha value is -3.15. The van der Waals surface area contributed by atoms with E-state index in [1.807, 2.05) is 42.5 Å². The van der Waals surface area contributed by atoms with Crippen molar-refractivity contribution in [3.8, 4) is 0 Å². The molecule has 2 aliphatic rings. The molecule has 2 N–H and O–H groups in total. The Labute approximate surface area is 169 Å². The van der Waals surface area contributed by atoms with E-state index in [9.17, 15) is 9.59 Å². The fourth-order valence-electron chi connectivity index (χ4n) is 4.77. The molecule has 6 nitrogen and oxygen atoms in total. The van der Waals surface area contributed by atoms with Gasteiger partial charge in [0, 0.05) is 53.4 Å². The lowest BCUT2D eigenvalue weighted by molar-refractivity contribution is 0.0543. The molecular weight excluding hydrogens is 364 g/mol. The average Bonchev–Trinajstić information content (AvgIpc) is 3.25. The number of fused-ring (bicyclic) bond motifs is 1. The van der Waals surface area contributed by atoms with Crippen molar-refractivity contribution in [2.24, 2.45) is 5.92 Å². The minimum absolute atomic E-state index is 0.0944. The lowest BCUT2D eigenvalue weighted by Crippen LogP contribution is -2.48. The SMILES string of the molecule is O=C(NCC1CC12CCCCN2C(=O)c1ccccc1)c1cc2cnccc2[nH]1. The molecule has 2 unspecified atom stereocenters. The van der Waals surface area contributed by atoms with Gasteiger partial charge < -0.3 is 15.2 Å². The molecule has 0 bridgehead atoms. The number of carbonyl (C=O) groups excluding carboxylic acids is 2. The van der Waals surface area contributed by atoms with Gasteiger partial charge in [-0.25, -0.2) is 0 Å². The molecule has 5 rings (SSSR count). The second-order valence-electron chi connectivity index (χ2n) is 8.14. The van der Waals surface area contributed by atoms with Crippen molar-refractivity contribution >= 4 is 22.7 Å². The van der Waals surface area contributed by atoms with E-state index in [0.717, 1.165) is 48.7 Å². The highest BCUT2D eigenvalue weighted by Gasteiger charge is 2.59. The standard InChI is InChI=1S/C23H24N4O2/c28-21(20-12-17-14-24-10-8-19(17)26-20)25-15-18-13-23(18)9-4-5-11-27(23)22(29)16-6-2-1-3-7-16/h1-3,6-8,10,12,14,18,26H,4-5,9,11,13,15H2,(H,25,28). The van der Waals surface area contributed by atoms with E-state index < -0.39 is 0 Å². The number of H-pyrrole nitrogens is 1. The van der Waals surface area contributed by atoms with Crippen LogP contribution < -0.4 is 5.32 Å². The smallest absolute Gasteiger partial charge is 0.267 e. The van der Waals surface area contributed by atoms with Gasteiger partial charge in [-0.05, 0) is 49.9 Å². The molecule has 3 heterocycles. The van der Waals surface area contributed by atoms with Crippen LogP contribution in [0.3, 0.4) is 0 Å². The first-order valence-electron chi connectivity index (χ1n) is 10.3. The highest BCUT2D eigenvalue weighted by molar-refractivity contribution is 5.98. The summed E-state index contributed by atoms with van der Waals surface area (Å²) in [6.07, 6.45) is 7.61. The van der Waals surface area contributed by atoms with E-state index in [1.165, 1.54) is 0 Å². The van der Waals surface area contributed by atoms with Gasteiger partial charge >= 0.3 is 0 Å². The van der Waals surface area contributed by atoms with Crippen molar-refractivity contribution in [3.05, 3.63) is 66.1 Å². The Kier molecular flexibility index (Phi) is 4.34. The van der Waals surface area contributed by atoms with Crippen LogP contribution in [0.4, 0.5) is 0 Å². The van der Waals surface area contributed by atoms with Crippen LogP contribution >= 0.6 is 0 Å². The lowest BCUT2D eigenvalue weighted by atomic mass is 9.96. The van der Waals surface area contributed by atoms with Crippen molar-refractivity contribution in [3.63, 3.8) is 0 Å². The number of nitrogens with one attached hydrogen (secondary N) is 2. The molecule has 3 aromatic rings. The van der Waals surface area contributed by atoms with E-state index in [2.05, 4.69) is 20.2 Å². The molecule has 1 aromatic carbocycles. The summed E-state index contributed by atoms with van der Waals surface area (Å²) in [4.78, 5) is 35.0. The third-order valence-corrected chi connectivity index (χ3v) is 6.42. The first-order valence-corrected chi connectivity index (χ1v) is 10.3. The summed E-state index contributed by atoms with van der Waals surface area (Å²) in [5.41, 5.74) is 2.10. The Morgan fingerprint density at radius 3 is 2.90 bits per heavy atom. The number of rotatable bonds is 4. The van der Waals surface area contributed by atoms with Crippen LogP contribution in [-0.2, 0) is 0 Å². The zero-order valence-corrected chi connectivity index (χ0v) is 16.2. The number of aromatic amines is 1. The van der Waals surface area contributed by atoms with Crippen molar-refractivity contribution in [1.29, 1.82) is 0 Å². The predicted octanol–water partition coefficient (Wildman–Crippen LogP) is 3.38. The first kappa shape index (κ1) is 17.9. The van der Waals surface area contributed by atoms with Gasteiger partial charge in [-0.3, -0.25) is 14.6 Å². The zero-order valence-electron chi connectivity index (χ0n) is 16.2. The molecule has 1 saturated carbocycles. The summed E-state index contributed by atoms with van der Waals surface area (Å²) in [7, 11) is 0. The summed E-state index contributed by atoms with van der Waals surface area (Å²) in [5, 5.41) is 3.99. The second kappa shape index (κ2) is 7.03. The first-order chi connectivity index (χ1) is 14.2. The molecule has 6 heteroatoms. The summed E-state index contributed by atoms with van der Waals surface area (Å²) >= 11 is 0. The van der Waals surface area contributed by atoms with Gasteiger partial charge in [0.1, 0.15) is 5.69 Å². The molecule has 1 aliphatic carbocycles. The predicted molar refractivity (Wildman–Crippen MR) is 111 cm³/mol. The van der Waals surface area contributed by atoms with Gasteiger partial charge in [0.2, 0.25) is 0 Å². The topological polar surface area (TPSA) is 78.1 Å². The Bertz CT molecular complexity index is 1030. The summed E-state index contributed by atoms with van der Waals surface area (Å²) in [6, 6.07) is 13.2. The monoisotopic (exact) mass is 388 g/mol. The maximum Gasteiger partial charge on any atom is 0.267 e. The summed E-state index contributed by atoms with van der Waals surface area (Å²) in [6.45, 7) is 1.39. The number of aromatic nitrogens is 2. The van der Waals surface area contributed by atoms with E-state index in [4.69, 9.17) is 0 Å². The third kappa shape index (κ3) is 3.18. The maximum absolute atomic E-state index is 13.1. The van der Waals surface area contributed by atoms with Crippen LogP contribution in [0.1, 0.15) is 46.5 Å². The van der Waals surface area contributed by atoms with Crippen LogP contribution in [0.5, 0.6) is 0 Å². The fourth-order valence-corrected chi connectivity index (χ4v) is 4.77. The molecule has 0 radical (unpaired) electrons. The molecule has 2 fully saturated rings. The number of hydrogen-bond acceptors (Lipinski definition) is 3. The number of pyridine rings is 1. The minimum Gasteiger partial charge on any atom is -0.350 e. The van der Waals surface area contributed by atoms with Gasteiger partial charge in [0.25, 0.3) is 11.8 Å². The summed E-state index contributed by atoms with van der Waals surface area (Å²) in [5.74, 6) is 0.313. The molecule has 2 atom stereocenters. The molecule has 2 amide bonds. The van der Waals surface area contributed by atoms with Crippen LogP contribution in [0.15, 0.2) is 54.9 Å². The average molecular weight is 388 g/mol. The number of benzene rings is 1. The zero-order chi connectivity index (χ0) is 19.8. The molecule has 2 aromatic heterocycles. The molecule has 148 valence electrons. The Balaban J connectivity index is 1.26. The van der Waals surface area contributed by atoms with Crippen LogP contribution in [-0.4, -0.2) is 45.3 Å². The Morgan fingerprint density at radius 1 is 1.21 bits per heavy atom. The van der Waals surface area contributed by atoms with Crippen LogP contribution in [0, 0.1) is 5.92 Å². The minimum atomic E-state index is -0.111. The van der Waals surface area contributed by atoms with Gasteiger partial charge in [-0.1, -0.05) is 18.2 Å². The van der Waals surface area contributed by atoms with Gasteiger partial charge in [-0.15, -0.1) is 0 Å². The summed E-state index contributed by atoms with van der Waals surface area (Å²) < 4.78 is 0. The van der Waals surface area contributed by atoms with E-state index in [0.29, 0.717) is 18.2 Å². The number of nitrogens with zero attached hydrogens (tertiary/aromatic N) is 2. The lowest BCUT2D eigenvalue weighted by Gasteiger charge is -2.37. The van der Waals surface area contributed by atoms with Crippen molar-refractivity contribution < 1.29 is 9.59 Å². The van der Waals surface area contributed by atoms with Gasteiger partial charge in [0.15, 0.2) is 0 Å². The van der Waals surface area contributed by atoms with Crippen LogP contribution in [0.2, 0.25) is 0 Å². The third-order valence-electron chi connectivity index (χ3n) is 6.42. The molecular formula is C23H24N4O2. The largest absolute Gasteiger partial charge is 0.350 e. The van der Waals surface area contributed by atoms with Crippen LogP contribution in [0.25, 0.3) is 10.9 Å². The molecule has 1 aliphatic heterocycles. The van der Waals surface area contributed by atoms with Crippen molar-refractivity contribution in [1.82, 2.24) is 20.2 Å². The Morgan fingerprint density at radius 2 is 2.07 bits per heavy atom. The fraction of sp³-hybridized carbons (Fsp3) is 0.348.